The van der Waals surface area contributed by atoms with Crippen molar-refractivity contribution in [3.8, 4) is 0 Å². The van der Waals surface area contributed by atoms with Crippen molar-refractivity contribution in [1.82, 2.24) is 9.88 Å². The third-order valence-corrected chi connectivity index (χ3v) is 3.37. The van der Waals surface area contributed by atoms with Crippen LogP contribution in [0.3, 0.4) is 0 Å². The molecule has 0 bridgehead atoms. The summed E-state index contributed by atoms with van der Waals surface area (Å²) in [5, 5.41) is 10.7. The van der Waals surface area contributed by atoms with Crippen molar-refractivity contribution in [3.63, 3.8) is 0 Å². The van der Waals surface area contributed by atoms with Crippen LogP contribution in [0.25, 0.3) is 0 Å². The quantitative estimate of drug-likeness (QED) is 0.615. The molecule has 1 aliphatic heterocycles. The second-order valence-corrected chi connectivity index (χ2v) is 4.61. The molecule has 1 atom stereocenters. The van der Waals surface area contributed by atoms with Gasteiger partial charge in [-0.2, -0.15) is 0 Å². The first-order valence-electron chi connectivity index (χ1n) is 5.85. The number of nitrogens with zero attached hydrogens (tertiary/aromatic N) is 4. The van der Waals surface area contributed by atoms with E-state index < -0.39 is 4.92 Å². The second-order valence-electron chi connectivity index (χ2n) is 4.61. The summed E-state index contributed by atoms with van der Waals surface area (Å²) < 4.78 is 0. The van der Waals surface area contributed by atoms with Crippen molar-refractivity contribution >= 4 is 17.3 Å². The largest absolute Gasteiger partial charge is 0.378 e. The monoisotopic (exact) mass is 251 g/mol. The first-order chi connectivity index (χ1) is 8.49. The molecule has 0 spiro atoms. The van der Waals surface area contributed by atoms with Crippen molar-refractivity contribution in [2.24, 2.45) is 0 Å². The minimum Gasteiger partial charge on any atom is -0.378 e. The standard InChI is InChI=1S/C11H17N5O2/c1-8-7-15(6-5-14(8)2)10-4-3-9(16(17)18)11(12)13-10/h3-4,8H,5-7H2,1-2H3,(H2,12,13). The fourth-order valence-electron chi connectivity index (χ4n) is 2.04. The lowest BCUT2D eigenvalue weighted by Gasteiger charge is -2.38. The van der Waals surface area contributed by atoms with Gasteiger partial charge in [0.25, 0.3) is 0 Å². The van der Waals surface area contributed by atoms with Crippen LogP contribution in [-0.2, 0) is 0 Å². The highest BCUT2D eigenvalue weighted by molar-refractivity contribution is 5.58. The van der Waals surface area contributed by atoms with E-state index in [2.05, 4.69) is 28.8 Å². The van der Waals surface area contributed by atoms with Crippen molar-refractivity contribution in [2.45, 2.75) is 13.0 Å². The Kier molecular flexibility index (Phi) is 3.33. The van der Waals surface area contributed by atoms with Crippen molar-refractivity contribution in [3.05, 3.63) is 22.2 Å². The van der Waals surface area contributed by atoms with Crippen LogP contribution in [0.5, 0.6) is 0 Å². The van der Waals surface area contributed by atoms with Crippen molar-refractivity contribution < 1.29 is 4.92 Å². The normalized spacial score (nSPS) is 21.0. The van der Waals surface area contributed by atoms with E-state index in [-0.39, 0.29) is 11.5 Å². The molecule has 98 valence electrons. The molecular formula is C11H17N5O2. The van der Waals surface area contributed by atoms with Crippen LogP contribution in [-0.4, -0.2) is 47.5 Å². The molecule has 0 aromatic carbocycles. The average molecular weight is 251 g/mol. The second kappa shape index (κ2) is 4.77. The van der Waals surface area contributed by atoms with E-state index in [0.29, 0.717) is 11.9 Å². The van der Waals surface area contributed by atoms with E-state index in [0.717, 1.165) is 19.6 Å². The summed E-state index contributed by atoms with van der Waals surface area (Å²) in [5.41, 5.74) is 5.46. The minimum absolute atomic E-state index is 0.0240. The zero-order chi connectivity index (χ0) is 13.3. The van der Waals surface area contributed by atoms with Gasteiger partial charge in [-0.05, 0) is 20.0 Å². The number of hydrogen-bond donors (Lipinski definition) is 1. The Bertz CT molecular complexity index is 465. The van der Waals surface area contributed by atoms with Gasteiger partial charge >= 0.3 is 5.69 Å². The summed E-state index contributed by atoms with van der Waals surface area (Å²) >= 11 is 0. The van der Waals surface area contributed by atoms with Crippen LogP contribution in [0.4, 0.5) is 17.3 Å². The van der Waals surface area contributed by atoms with Crippen LogP contribution in [0.1, 0.15) is 6.92 Å². The van der Waals surface area contributed by atoms with Crippen LogP contribution >= 0.6 is 0 Å². The number of aromatic nitrogens is 1. The maximum atomic E-state index is 10.7. The molecule has 1 aliphatic rings. The van der Waals surface area contributed by atoms with E-state index in [1.54, 1.807) is 6.07 Å². The molecule has 18 heavy (non-hydrogen) atoms. The lowest BCUT2D eigenvalue weighted by molar-refractivity contribution is -0.384. The van der Waals surface area contributed by atoms with Crippen molar-refractivity contribution in [1.29, 1.82) is 0 Å². The van der Waals surface area contributed by atoms with Gasteiger partial charge < -0.3 is 15.5 Å². The first-order valence-corrected chi connectivity index (χ1v) is 5.85. The van der Waals surface area contributed by atoms with E-state index in [1.165, 1.54) is 6.07 Å². The molecular weight excluding hydrogens is 234 g/mol. The van der Waals surface area contributed by atoms with Gasteiger partial charge in [-0.25, -0.2) is 4.98 Å². The molecule has 0 aliphatic carbocycles. The summed E-state index contributed by atoms with van der Waals surface area (Å²) in [6, 6.07) is 3.50. The number of anilines is 2. The molecule has 1 saturated heterocycles. The minimum atomic E-state index is -0.515. The fourth-order valence-corrected chi connectivity index (χ4v) is 2.04. The summed E-state index contributed by atoms with van der Waals surface area (Å²) in [6.07, 6.45) is 0. The van der Waals surface area contributed by atoms with E-state index in [1.807, 2.05) is 0 Å². The number of nitrogen functional groups attached to an aromatic ring is 1. The molecule has 0 amide bonds. The van der Waals surface area contributed by atoms with Crippen LogP contribution in [0.2, 0.25) is 0 Å². The molecule has 7 nitrogen and oxygen atoms in total. The van der Waals surface area contributed by atoms with Gasteiger partial charge in [-0.1, -0.05) is 0 Å². The van der Waals surface area contributed by atoms with Gasteiger partial charge in [-0.15, -0.1) is 0 Å². The molecule has 2 N–H and O–H groups in total. The van der Waals surface area contributed by atoms with Gasteiger partial charge in [0, 0.05) is 31.7 Å². The van der Waals surface area contributed by atoms with Gasteiger partial charge in [0.15, 0.2) is 0 Å². The zero-order valence-corrected chi connectivity index (χ0v) is 10.5. The van der Waals surface area contributed by atoms with Crippen LogP contribution < -0.4 is 10.6 Å². The van der Waals surface area contributed by atoms with Crippen LogP contribution in [0.15, 0.2) is 12.1 Å². The Morgan fingerprint density at radius 1 is 1.50 bits per heavy atom. The number of rotatable bonds is 2. The molecule has 1 fully saturated rings. The Morgan fingerprint density at radius 3 is 2.78 bits per heavy atom. The van der Waals surface area contributed by atoms with Gasteiger partial charge in [0.05, 0.1) is 4.92 Å². The Labute approximate surface area is 105 Å². The number of likely N-dealkylation sites (N-methyl/N-ethyl adjacent to an activating group) is 1. The highest BCUT2D eigenvalue weighted by Crippen LogP contribution is 2.24. The lowest BCUT2D eigenvalue weighted by Crippen LogP contribution is -2.50. The molecule has 0 radical (unpaired) electrons. The molecule has 2 rings (SSSR count). The van der Waals surface area contributed by atoms with Gasteiger partial charge in [-0.3, -0.25) is 10.1 Å². The van der Waals surface area contributed by atoms with E-state index in [4.69, 9.17) is 5.73 Å². The molecule has 7 heteroatoms. The number of piperazine rings is 1. The number of nitro groups is 1. The summed E-state index contributed by atoms with van der Waals surface area (Å²) in [4.78, 5) is 18.6. The molecule has 1 aromatic heterocycles. The smallest absolute Gasteiger partial charge is 0.311 e. The van der Waals surface area contributed by atoms with Crippen molar-refractivity contribution in [2.75, 3.05) is 37.3 Å². The highest BCUT2D eigenvalue weighted by Gasteiger charge is 2.23. The predicted octanol–water partition coefficient (Wildman–Crippen LogP) is 0.712. The average Bonchev–Trinajstić information content (AvgIpc) is 2.32. The SMILES string of the molecule is CC1CN(c2ccc([N+](=O)[O-])c(N)n2)CCN1C. The third-order valence-electron chi connectivity index (χ3n) is 3.37. The fraction of sp³-hybridized carbons (Fsp3) is 0.545. The molecule has 2 heterocycles. The maximum absolute atomic E-state index is 10.7. The summed E-state index contributed by atoms with van der Waals surface area (Å²) in [7, 11) is 2.08. The Balaban J connectivity index is 2.19. The summed E-state index contributed by atoms with van der Waals surface area (Å²) in [5.74, 6) is 0.683. The topological polar surface area (TPSA) is 88.5 Å². The Hall–Kier alpha value is -1.89. The van der Waals surface area contributed by atoms with Gasteiger partial charge in [0.2, 0.25) is 5.82 Å². The molecule has 1 unspecified atom stereocenters. The lowest BCUT2D eigenvalue weighted by atomic mass is 10.2. The zero-order valence-electron chi connectivity index (χ0n) is 10.5. The number of hydrogen-bond acceptors (Lipinski definition) is 6. The third kappa shape index (κ3) is 2.35. The number of pyridine rings is 1. The summed E-state index contributed by atoms with van der Waals surface area (Å²) in [6.45, 7) is 4.78. The predicted molar refractivity (Wildman–Crippen MR) is 69.6 cm³/mol. The number of nitrogens with two attached hydrogens (primary N) is 1. The molecule has 0 saturated carbocycles. The van der Waals surface area contributed by atoms with E-state index >= 15 is 0 Å². The molecule has 1 aromatic rings. The van der Waals surface area contributed by atoms with E-state index in [9.17, 15) is 10.1 Å². The van der Waals surface area contributed by atoms with Crippen LogP contribution in [0, 0.1) is 10.1 Å². The highest BCUT2D eigenvalue weighted by atomic mass is 16.6. The first kappa shape index (κ1) is 12.6. The maximum Gasteiger partial charge on any atom is 0.311 e. The Morgan fingerprint density at radius 2 is 2.22 bits per heavy atom. The van der Waals surface area contributed by atoms with Gasteiger partial charge in [0.1, 0.15) is 5.82 Å².